The summed E-state index contributed by atoms with van der Waals surface area (Å²) in [5.74, 6) is 0.329. The lowest BCUT2D eigenvalue weighted by molar-refractivity contribution is -0.113. The second-order valence-electron chi connectivity index (χ2n) is 4.48. The van der Waals surface area contributed by atoms with Gasteiger partial charge in [-0.05, 0) is 30.3 Å². The fourth-order valence-corrected chi connectivity index (χ4v) is 2.98. The first kappa shape index (κ1) is 17.7. The van der Waals surface area contributed by atoms with E-state index in [-0.39, 0.29) is 21.8 Å². The van der Waals surface area contributed by atoms with Crippen molar-refractivity contribution in [2.24, 2.45) is 0 Å². The summed E-state index contributed by atoms with van der Waals surface area (Å²) in [7, 11) is 1.55. The third kappa shape index (κ3) is 5.16. The largest absolute Gasteiger partial charge is 0.497 e. The van der Waals surface area contributed by atoms with Crippen LogP contribution in [0.25, 0.3) is 0 Å². The van der Waals surface area contributed by atoms with Crippen molar-refractivity contribution >= 4 is 51.7 Å². The molecule has 0 unspecified atom stereocenters. The smallest absolute Gasteiger partial charge is 0.234 e. The highest BCUT2D eigenvalue weighted by atomic mass is 35.5. The number of methoxy groups -OCH3 is 1. The van der Waals surface area contributed by atoms with Gasteiger partial charge in [0.2, 0.25) is 11.0 Å². The van der Waals surface area contributed by atoms with Gasteiger partial charge in [-0.3, -0.25) is 9.59 Å². The maximum absolute atomic E-state index is 12.1. The molecule has 0 saturated carbocycles. The summed E-state index contributed by atoms with van der Waals surface area (Å²) >= 11 is 12.6. The van der Waals surface area contributed by atoms with Crippen LogP contribution in [0.5, 0.6) is 5.75 Å². The van der Waals surface area contributed by atoms with E-state index in [9.17, 15) is 9.59 Å². The molecule has 4 nitrogen and oxygen atoms in total. The number of nitrogens with one attached hydrogen (secondary N) is 1. The van der Waals surface area contributed by atoms with Gasteiger partial charge >= 0.3 is 0 Å². The zero-order chi connectivity index (χ0) is 16.8. The zero-order valence-electron chi connectivity index (χ0n) is 12.1. The van der Waals surface area contributed by atoms with Crippen molar-refractivity contribution in [1.29, 1.82) is 0 Å². The van der Waals surface area contributed by atoms with Gasteiger partial charge in [-0.25, -0.2) is 0 Å². The molecule has 0 aliphatic carbocycles. The highest BCUT2D eigenvalue weighted by Crippen LogP contribution is 2.25. The molecule has 1 amide bonds. The fourth-order valence-electron chi connectivity index (χ4n) is 1.76. The third-order valence-corrected chi connectivity index (χ3v) is 4.28. The SMILES string of the molecule is COc1cccc(NC(=O)CSC(=O)c2ccc(Cl)cc2Cl)c1. The molecule has 0 aliphatic heterocycles. The molecule has 2 aromatic rings. The minimum Gasteiger partial charge on any atom is -0.497 e. The quantitative estimate of drug-likeness (QED) is 0.841. The fraction of sp³-hybridized carbons (Fsp3) is 0.125. The van der Waals surface area contributed by atoms with Gasteiger partial charge in [0.25, 0.3) is 0 Å². The van der Waals surface area contributed by atoms with Crippen LogP contribution in [-0.4, -0.2) is 23.9 Å². The molecule has 0 atom stereocenters. The van der Waals surface area contributed by atoms with Crippen molar-refractivity contribution in [2.75, 3.05) is 18.2 Å². The molecule has 0 spiro atoms. The first-order chi connectivity index (χ1) is 11.0. The molecule has 7 heteroatoms. The van der Waals surface area contributed by atoms with Gasteiger partial charge in [0.1, 0.15) is 5.75 Å². The van der Waals surface area contributed by atoms with E-state index in [4.69, 9.17) is 27.9 Å². The minimum absolute atomic E-state index is 0.0189. The topological polar surface area (TPSA) is 55.4 Å². The Balaban J connectivity index is 1.92. The van der Waals surface area contributed by atoms with Crippen LogP contribution >= 0.6 is 35.0 Å². The summed E-state index contributed by atoms with van der Waals surface area (Å²) in [6.07, 6.45) is 0. The molecular weight excluding hydrogens is 357 g/mol. The minimum atomic E-state index is -0.290. The van der Waals surface area contributed by atoms with Crippen molar-refractivity contribution in [2.45, 2.75) is 0 Å². The summed E-state index contributed by atoms with van der Waals surface area (Å²) in [6.45, 7) is 0. The number of anilines is 1. The summed E-state index contributed by atoms with van der Waals surface area (Å²) in [5.41, 5.74) is 0.933. The number of carbonyl (C=O) groups excluding carboxylic acids is 2. The summed E-state index contributed by atoms with van der Waals surface area (Å²) in [4.78, 5) is 24.0. The Kier molecular flexibility index (Phi) is 6.33. The molecule has 0 fully saturated rings. The van der Waals surface area contributed by atoms with Crippen molar-refractivity contribution in [1.82, 2.24) is 0 Å². The van der Waals surface area contributed by atoms with E-state index in [1.54, 1.807) is 43.5 Å². The van der Waals surface area contributed by atoms with Crippen LogP contribution in [0.2, 0.25) is 10.0 Å². The number of halogens is 2. The molecule has 23 heavy (non-hydrogen) atoms. The van der Waals surface area contributed by atoms with E-state index in [1.165, 1.54) is 6.07 Å². The Bertz CT molecular complexity index is 737. The summed E-state index contributed by atoms with van der Waals surface area (Å²) in [5, 5.41) is 3.13. The van der Waals surface area contributed by atoms with E-state index in [0.29, 0.717) is 22.0 Å². The Morgan fingerprint density at radius 1 is 1.17 bits per heavy atom. The van der Waals surface area contributed by atoms with Crippen LogP contribution in [0.3, 0.4) is 0 Å². The van der Waals surface area contributed by atoms with E-state index in [0.717, 1.165) is 11.8 Å². The number of carbonyl (C=O) groups is 2. The molecule has 120 valence electrons. The molecule has 0 bridgehead atoms. The van der Waals surface area contributed by atoms with Crippen molar-refractivity contribution in [3.8, 4) is 5.75 Å². The number of hydrogen-bond acceptors (Lipinski definition) is 4. The van der Waals surface area contributed by atoms with Crippen molar-refractivity contribution in [3.63, 3.8) is 0 Å². The van der Waals surface area contributed by atoms with E-state index in [1.807, 2.05) is 0 Å². The van der Waals surface area contributed by atoms with Gasteiger partial charge in [0.05, 0.1) is 17.9 Å². The molecule has 0 aliphatic rings. The molecule has 0 aromatic heterocycles. The number of benzene rings is 2. The second-order valence-corrected chi connectivity index (χ2v) is 6.27. The number of thioether (sulfide) groups is 1. The van der Waals surface area contributed by atoms with Gasteiger partial charge < -0.3 is 10.1 Å². The average Bonchev–Trinajstić information content (AvgIpc) is 2.53. The lowest BCUT2D eigenvalue weighted by Gasteiger charge is -2.07. The normalized spacial score (nSPS) is 10.2. The molecule has 0 saturated heterocycles. The number of hydrogen-bond donors (Lipinski definition) is 1. The van der Waals surface area contributed by atoms with E-state index in [2.05, 4.69) is 5.32 Å². The van der Waals surface area contributed by atoms with Crippen LogP contribution in [0.1, 0.15) is 10.4 Å². The lowest BCUT2D eigenvalue weighted by Crippen LogP contribution is -2.15. The maximum Gasteiger partial charge on any atom is 0.234 e. The molecule has 0 heterocycles. The zero-order valence-corrected chi connectivity index (χ0v) is 14.5. The molecule has 1 N–H and O–H groups in total. The number of rotatable bonds is 5. The molecule has 2 rings (SSSR count). The van der Waals surface area contributed by atoms with Crippen LogP contribution < -0.4 is 10.1 Å². The van der Waals surface area contributed by atoms with Gasteiger partial charge in [-0.15, -0.1) is 0 Å². The summed E-state index contributed by atoms with van der Waals surface area (Å²) < 4.78 is 5.08. The Morgan fingerprint density at radius 3 is 2.65 bits per heavy atom. The van der Waals surface area contributed by atoms with Gasteiger partial charge in [-0.1, -0.05) is 41.0 Å². The first-order valence-corrected chi connectivity index (χ1v) is 8.30. The Morgan fingerprint density at radius 2 is 1.96 bits per heavy atom. The second kappa shape index (κ2) is 8.24. The lowest BCUT2D eigenvalue weighted by atomic mass is 10.2. The Hall–Kier alpha value is -1.69. The number of ether oxygens (including phenoxy) is 1. The standard InChI is InChI=1S/C16H13Cl2NO3S/c1-22-12-4-2-3-11(8-12)19-15(20)9-23-16(21)13-6-5-10(17)7-14(13)18/h2-8H,9H2,1H3,(H,19,20). The monoisotopic (exact) mass is 369 g/mol. The van der Waals surface area contributed by atoms with E-state index < -0.39 is 0 Å². The van der Waals surface area contributed by atoms with E-state index >= 15 is 0 Å². The third-order valence-electron chi connectivity index (χ3n) is 2.84. The number of amides is 1. The maximum atomic E-state index is 12.1. The Labute approximate surface area is 148 Å². The predicted molar refractivity (Wildman–Crippen MR) is 94.9 cm³/mol. The van der Waals surface area contributed by atoms with Crippen molar-refractivity contribution < 1.29 is 14.3 Å². The highest BCUT2D eigenvalue weighted by molar-refractivity contribution is 8.14. The van der Waals surface area contributed by atoms with Crippen molar-refractivity contribution in [3.05, 3.63) is 58.1 Å². The molecule has 0 radical (unpaired) electrons. The van der Waals surface area contributed by atoms with Crippen LogP contribution in [0.15, 0.2) is 42.5 Å². The average molecular weight is 370 g/mol. The molecule has 2 aromatic carbocycles. The van der Waals surface area contributed by atoms with Crippen LogP contribution in [0.4, 0.5) is 5.69 Å². The summed E-state index contributed by atoms with van der Waals surface area (Å²) in [6, 6.07) is 11.6. The van der Waals surface area contributed by atoms with Gasteiger partial charge in [0, 0.05) is 22.3 Å². The van der Waals surface area contributed by atoms with Crippen LogP contribution in [0, 0.1) is 0 Å². The molecular formula is C16H13Cl2NO3S. The first-order valence-electron chi connectivity index (χ1n) is 6.55. The van der Waals surface area contributed by atoms with Gasteiger partial charge in [-0.2, -0.15) is 0 Å². The van der Waals surface area contributed by atoms with Gasteiger partial charge in [0.15, 0.2) is 0 Å². The predicted octanol–water partition coefficient (Wildman–Crippen LogP) is 4.51. The van der Waals surface area contributed by atoms with Crippen LogP contribution in [-0.2, 0) is 4.79 Å². The highest BCUT2D eigenvalue weighted by Gasteiger charge is 2.14.